The van der Waals surface area contributed by atoms with Crippen molar-refractivity contribution in [3.05, 3.63) is 35.4 Å². The average molecular weight is 245 g/mol. The first-order valence-corrected chi connectivity index (χ1v) is 6.90. The summed E-state index contributed by atoms with van der Waals surface area (Å²) in [7, 11) is 2.04. The molecule has 1 fully saturated rings. The molecule has 1 saturated carbocycles. The number of nitrogens with zero attached hydrogens (tertiary/aromatic N) is 1. The van der Waals surface area contributed by atoms with E-state index in [-0.39, 0.29) is 5.78 Å². The number of aryl methyl sites for hydroxylation is 1. The summed E-state index contributed by atoms with van der Waals surface area (Å²) in [6, 6.07) is 8.01. The minimum Gasteiger partial charge on any atom is -0.299 e. The van der Waals surface area contributed by atoms with Gasteiger partial charge in [-0.1, -0.05) is 38.1 Å². The summed E-state index contributed by atoms with van der Waals surface area (Å²) in [5, 5.41) is 0. The lowest BCUT2D eigenvalue weighted by molar-refractivity contribution is 0.0943. The van der Waals surface area contributed by atoms with Crippen molar-refractivity contribution in [3.63, 3.8) is 0 Å². The van der Waals surface area contributed by atoms with Crippen LogP contribution in [-0.2, 0) is 6.42 Å². The maximum atomic E-state index is 12.1. The maximum Gasteiger partial charge on any atom is 0.176 e. The van der Waals surface area contributed by atoms with E-state index in [9.17, 15) is 4.79 Å². The summed E-state index contributed by atoms with van der Waals surface area (Å²) >= 11 is 0. The topological polar surface area (TPSA) is 20.3 Å². The van der Waals surface area contributed by atoms with E-state index >= 15 is 0 Å². The number of likely N-dealkylation sites (N-methyl/N-ethyl adjacent to an activating group) is 1. The van der Waals surface area contributed by atoms with Crippen molar-refractivity contribution in [1.82, 2.24) is 4.90 Å². The monoisotopic (exact) mass is 245 g/mol. The Morgan fingerprint density at radius 2 is 1.94 bits per heavy atom. The lowest BCUT2D eigenvalue weighted by atomic mass is 10.1. The molecule has 2 atom stereocenters. The molecule has 0 heterocycles. The molecule has 0 saturated heterocycles. The molecule has 0 amide bonds. The van der Waals surface area contributed by atoms with Crippen molar-refractivity contribution in [2.45, 2.75) is 26.7 Å². The van der Waals surface area contributed by atoms with Gasteiger partial charge in [0.1, 0.15) is 0 Å². The van der Waals surface area contributed by atoms with Crippen LogP contribution in [0.25, 0.3) is 0 Å². The molecular weight excluding hydrogens is 222 g/mol. The Balaban J connectivity index is 1.86. The summed E-state index contributed by atoms with van der Waals surface area (Å²) in [5.74, 6) is 1.89. The lowest BCUT2D eigenvalue weighted by Crippen LogP contribution is -2.28. The highest BCUT2D eigenvalue weighted by molar-refractivity contribution is 5.97. The number of hydrogen-bond acceptors (Lipinski definition) is 2. The highest BCUT2D eigenvalue weighted by Gasteiger charge is 2.33. The first-order chi connectivity index (χ1) is 8.60. The molecule has 0 aliphatic heterocycles. The van der Waals surface area contributed by atoms with Gasteiger partial charge >= 0.3 is 0 Å². The molecule has 2 nitrogen and oxygen atoms in total. The molecule has 0 aromatic heterocycles. The van der Waals surface area contributed by atoms with Gasteiger partial charge in [0, 0.05) is 12.1 Å². The van der Waals surface area contributed by atoms with E-state index < -0.39 is 0 Å². The fourth-order valence-electron chi connectivity index (χ4n) is 2.38. The van der Waals surface area contributed by atoms with Crippen molar-refractivity contribution in [2.24, 2.45) is 11.8 Å². The van der Waals surface area contributed by atoms with Crippen LogP contribution in [0, 0.1) is 11.8 Å². The second-order valence-electron chi connectivity index (χ2n) is 5.64. The molecule has 0 bridgehead atoms. The second-order valence-corrected chi connectivity index (χ2v) is 5.64. The molecule has 2 unspecified atom stereocenters. The van der Waals surface area contributed by atoms with Crippen LogP contribution in [0.5, 0.6) is 0 Å². The summed E-state index contributed by atoms with van der Waals surface area (Å²) in [5.41, 5.74) is 2.12. The third-order valence-electron chi connectivity index (χ3n) is 3.92. The van der Waals surface area contributed by atoms with E-state index in [1.165, 1.54) is 12.0 Å². The molecule has 0 radical (unpaired) electrons. The quantitative estimate of drug-likeness (QED) is 0.718. The molecule has 0 N–H and O–H groups in total. The van der Waals surface area contributed by atoms with Crippen molar-refractivity contribution >= 4 is 5.78 Å². The Kier molecular flexibility index (Phi) is 4.18. The minimum atomic E-state index is 0.230. The average Bonchev–Trinajstić information content (AvgIpc) is 3.04. The van der Waals surface area contributed by atoms with Gasteiger partial charge in [0.15, 0.2) is 5.78 Å². The van der Waals surface area contributed by atoms with E-state index in [4.69, 9.17) is 0 Å². The van der Waals surface area contributed by atoms with Gasteiger partial charge < -0.3 is 0 Å². The van der Waals surface area contributed by atoms with Gasteiger partial charge in [0.05, 0.1) is 6.54 Å². The fourth-order valence-corrected chi connectivity index (χ4v) is 2.38. The van der Waals surface area contributed by atoms with Gasteiger partial charge in [-0.15, -0.1) is 0 Å². The molecular formula is C16H23NO. The van der Waals surface area contributed by atoms with Crippen molar-refractivity contribution in [1.29, 1.82) is 0 Å². The number of rotatable bonds is 6. The zero-order valence-electron chi connectivity index (χ0n) is 11.6. The van der Waals surface area contributed by atoms with Crippen LogP contribution in [0.1, 0.15) is 36.2 Å². The highest BCUT2D eigenvalue weighted by Crippen LogP contribution is 2.37. The zero-order valence-corrected chi connectivity index (χ0v) is 11.6. The van der Waals surface area contributed by atoms with E-state index in [0.717, 1.165) is 30.4 Å². The lowest BCUT2D eigenvalue weighted by Gasteiger charge is -2.15. The minimum absolute atomic E-state index is 0.230. The predicted molar refractivity (Wildman–Crippen MR) is 74.9 cm³/mol. The van der Waals surface area contributed by atoms with Crippen molar-refractivity contribution < 1.29 is 4.79 Å². The van der Waals surface area contributed by atoms with Crippen LogP contribution in [-0.4, -0.2) is 30.8 Å². The second kappa shape index (κ2) is 5.66. The van der Waals surface area contributed by atoms with Crippen molar-refractivity contribution in [2.75, 3.05) is 20.1 Å². The molecule has 1 aliphatic carbocycles. The van der Waals surface area contributed by atoms with Gasteiger partial charge in [-0.25, -0.2) is 0 Å². The standard InChI is InChI=1S/C16H23NO/c1-4-13-5-7-14(8-6-13)16(18)11-17(3)10-15-9-12(15)2/h5-8,12,15H,4,9-11H2,1-3H3. The SMILES string of the molecule is CCc1ccc(C(=O)CN(C)CC2CC2C)cc1. The summed E-state index contributed by atoms with van der Waals surface area (Å²) < 4.78 is 0. The molecule has 18 heavy (non-hydrogen) atoms. The third kappa shape index (κ3) is 3.42. The third-order valence-corrected chi connectivity index (χ3v) is 3.92. The Morgan fingerprint density at radius 3 is 2.44 bits per heavy atom. The molecule has 1 aromatic rings. The Hall–Kier alpha value is -1.15. The maximum absolute atomic E-state index is 12.1. The molecule has 0 spiro atoms. The van der Waals surface area contributed by atoms with Crippen molar-refractivity contribution in [3.8, 4) is 0 Å². The van der Waals surface area contributed by atoms with Gasteiger partial charge in [0.25, 0.3) is 0 Å². The molecule has 1 aliphatic rings. The zero-order chi connectivity index (χ0) is 13.1. The normalized spacial score (nSPS) is 22.2. The first-order valence-electron chi connectivity index (χ1n) is 6.90. The molecule has 1 aromatic carbocycles. The number of carbonyl (C=O) groups excluding carboxylic acids is 1. The fraction of sp³-hybridized carbons (Fsp3) is 0.562. The smallest absolute Gasteiger partial charge is 0.176 e. The first kappa shape index (κ1) is 13.3. The van der Waals surface area contributed by atoms with E-state index in [2.05, 4.69) is 30.9 Å². The van der Waals surface area contributed by atoms with Crippen LogP contribution < -0.4 is 0 Å². The number of benzene rings is 1. The van der Waals surface area contributed by atoms with Crippen LogP contribution in [0.3, 0.4) is 0 Å². The summed E-state index contributed by atoms with van der Waals surface area (Å²) in [6.45, 7) is 6.00. The van der Waals surface area contributed by atoms with Crippen LogP contribution in [0.15, 0.2) is 24.3 Å². The Labute approximate surface area is 110 Å². The van der Waals surface area contributed by atoms with Gasteiger partial charge in [0.2, 0.25) is 0 Å². The number of ketones is 1. The van der Waals surface area contributed by atoms with Crippen LogP contribution >= 0.6 is 0 Å². The summed E-state index contributed by atoms with van der Waals surface area (Å²) in [6.07, 6.45) is 2.34. The Bertz CT molecular complexity index is 410. The molecule has 2 rings (SSSR count). The van der Waals surface area contributed by atoms with Crippen LogP contribution in [0.2, 0.25) is 0 Å². The largest absolute Gasteiger partial charge is 0.299 e. The van der Waals surface area contributed by atoms with Gasteiger partial charge in [-0.3, -0.25) is 9.69 Å². The molecule has 98 valence electrons. The highest BCUT2D eigenvalue weighted by atomic mass is 16.1. The van der Waals surface area contributed by atoms with E-state index in [1.54, 1.807) is 0 Å². The molecule has 2 heteroatoms. The van der Waals surface area contributed by atoms with E-state index in [0.29, 0.717) is 6.54 Å². The summed E-state index contributed by atoms with van der Waals surface area (Å²) in [4.78, 5) is 14.3. The number of hydrogen-bond donors (Lipinski definition) is 0. The van der Waals surface area contributed by atoms with Crippen LogP contribution in [0.4, 0.5) is 0 Å². The van der Waals surface area contributed by atoms with Gasteiger partial charge in [-0.2, -0.15) is 0 Å². The number of carbonyl (C=O) groups is 1. The van der Waals surface area contributed by atoms with E-state index in [1.807, 2.05) is 19.2 Å². The number of Topliss-reactive ketones (excluding diaryl/α,β-unsaturated/α-hetero) is 1. The predicted octanol–water partition coefficient (Wildman–Crippen LogP) is 3.02. The van der Waals surface area contributed by atoms with Gasteiger partial charge in [-0.05, 0) is 37.3 Å². The Morgan fingerprint density at radius 1 is 1.33 bits per heavy atom.